The summed E-state index contributed by atoms with van der Waals surface area (Å²) in [5, 5.41) is 0. The highest BCUT2D eigenvalue weighted by Crippen LogP contribution is 2.12. The summed E-state index contributed by atoms with van der Waals surface area (Å²) in [5.41, 5.74) is 1.25. The van der Waals surface area contributed by atoms with Gasteiger partial charge in [0.1, 0.15) is 10.1 Å². The lowest BCUT2D eigenvalue weighted by molar-refractivity contribution is 0.344. The highest BCUT2D eigenvalue weighted by molar-refractivity contribution is 8.22. The lowest BCUT2D eigenvalue weighted by Gasteiger charge is -2.12. The normalized spacial score (nSPS) is 9.94. The van der Waals surface area contributed by atoms with Crippen molar-refractivity contribution in [1.82, 2.24) is 4.90 Å². The van der Waals surface area contributed by atoms with Crippen LogP contribution in [0.2, 0.25) is 0 Å². The monoisotopic (exact) mass is 255 g/mol. The third-order valence-electron chi connectivity index (χ3n) is 1.96. The molecular formula is C12H17NOS2. The summed E-state index contributed by atoms with van der Waals surface area (Å²) in [4.78, 5) is 1.94. The molecule has 0 atom stereocenters. The molecule has 1 aromatic rings. The van der Waals surface area contributed by atoms with Gasteiger partial charge in [0.2, 0.25) is 0 Å². The predicted octanol–water partition coefficient (Wildman–Crippen LogP) is 2.95. The first kappa shape index (κ1) is 13.3. The summed E-state index contributed by atoms with van der Waals surface area (Å²) < 4.78 is 6.49. The zero-order chi connectivity index (χ0) is 12.0. The molecule has 1 rings (SSSR count). The Morgan fingerprint density at radius 1 is 1.31 bits per heavy atom. The largest absolute Gasteiger partial charge is 0.493 e. The van der Waals surface area contributed by atoms with Gasteiger partial charge in [0.15, 0.2) is 0 Å². The fourth-order valence-corrected chi connectivity index (χ4v) is 1.90. The Hall–Kier alpha value is -0.740. The zero-order valence-electron chi connectivity index (χ0n) is 9.90. The van der Waals surface area contributed by atoms with Crippen LogP contribution in [0.5, 0.6) is 5.75 Å². The topological polar surface area (TPSA) is 12.5 Å². The molecule has 0 saturated heterocycles. The molecule has 0 unspecified atom stereocenters. The first-order valence-corrected chi connectivity index (χ1v) is 6.52. The van der Waals surface area contributed by atoms with E-state index in [0.717, 1.165) is 15.8 Å². The molecule has 1 aromatic carbocycles. The maximum absolute atomic E-state index is 5.59. The van der Waals surface area contributed by atoms with Gasteiger partial charge in [0.05, 0.1) is 6.61 Å². The zero-order valence-corrected chi connectivity index (χ0v) is 11.5. The van der Waals surface area contributed by atoms with E-state index in [1.165, 1.54) is 5.56 Å². The van der Waals surface area contributed by atoms with Crippen LogP contribution in [0.4, 0.5) is 0 Å². The van der Waals surface area contributed by atoms with E-state index < -0.39 is 0 Å². The highest BCUT2D eigenvalue weighted by Gasteiger charge is 1.99. The van der Waals surface area contributed by atoms with Gasteiger partial charge in [-0.1, -0.05) is 41.7 Å². The Morgan fingerprint density at radius 2 is 1.94 bits per heavy atom. The van der Waals surface area contributed by atoms with Crippen LogP contribution in [0, 0.1) is 6.92 Å². The summed E-state index contributed by atoms with van der Waals surface area (Å²) in [6.07, 6.45) is 0. The van der Waals surface area contributed by atoms with Crippen LogP contribution >= 0.6 is 24.0 Å². The van der Waals surface area contributed by atoms with Crippen molar-refractivity contribution in [2.75, 3.05) is 26.5 Å². The van der Waals surface area contributed by atoms with Crippen molar-refractivity contribution < 1.29 is 4.74 Å². The summed E-state index contributed by atoms with van der Waals surface area (Å²) in [7, 11) is 3.91. The van der Waals surface area contributed by atoms with Crippen LogP contribution in [-0.4, -0.2) is 35.7 Å². The Bertz CT molecular complexity index is 335. The van der Waals surface area contributed by atoms with Crippen molar-refractivity contribution in [3.63, 3.8) is 0 Å². The minimum Gasteiger partial charge on any atom is -0.493 e. The van der Waals surface area contributed by atoms with Crippen LogP contribution in [-0.2, 0) is 0 Å². The number of rotatable bonds is 4. The van der Waals surface area contributed by atoms with Gasteiger partial charge >= 0.3 is 0 Å². The minimum absolute atomic E-state index is 0.682. The second-order valence-electron chi connectivity index (χ2n) is 3.67. The average molecular weight is 255 g/mol. The first-order valence-electron chi connectivity index (χ1n) is 5.13. The van der Waals surface area contributed by atoms with Crippen molar-refractivity contribution in [3.8, 4) is 5.75 Å². The SMILES string of the molecule is Cc1ccc(OCCSC(=S)N(C)C)cc1. The second-order valence-corrected chi connectivity index (χ2v) is 5.40. The van der Waals surface area contributed by atoms with Gasteiger partial charge in [-0.15, -0.1) is 0 Å². The maximum Gasteiger partial charge on any atom is 0.135 e. The molecule has 2 nitrogen and oxygen atoms in total. The molecule has 0 saturated carbocycles. The van der Waals surface area contributed by atoms with E-state index in [4.69, 9.17) is 17.0 Å². The van der Waals surface area contributed by atoms with Crippen molar-refractivity contribution in [2.45, 2.75) is 6.92 Å². The molecule has 4 heteroatoms. The average Bonchev–Trinajstić information content (AvgIpc) is 2.26. The number of thioether (sulfide) groups is 1. The molecule has 0 N–H and O–H groups in total. The smallest absolute Gasteiger partial charge is 0.135 e. The molecule has 0 amide bonds. The van der Waals surface area contributed by atoms with E-state index in [9.17, 15) is 0 Å². The van der Waals surface area contributed by atoms with Gasteiger partial charge < -0.3 is 9.64 Å². The summed E-state index contributed by atoms with van der Waals surface area (Å²) in [6, 6.07) is 8.08. The molecule has 0 fully saturated rings. The minimum atomic E-state index is 0.682. The third kappa shape index (κ3) is 4.86. The van der Waals surface area contributed by atoms with Gasteiger partial charge in [-0.3, -0.25) is 0 Å². The van der Waals surface area contributed by atoms with Gasteiger partial charge in [0, 0.05) is 19.8 Å². The molecule has 88 valence electrons. The molecule has 0 heterocycles. The quantitative estimate of drug-likeness (QED) is 0.605. The molecule has 0 aliphatic carbocycles. The fraction of sp³-hybridized carbons (Fsp3) is 0.417. The third-order valence-corrected chi connectivity index (χ3v) is 3.67. The predicted molar refractivity (Wildman–Crippen MR) is 75.4 cm³/mol. The maximum atomic E-state index is 5.59. The van der Waals surface area contributed by atoms with Crippen LogP contribution < -0.4 is 4.74 Å². The van der Waals surface area contributed by atoms with E-state index >= 15 is 0 Å². The number of thiocarbonyl (C=S) groups is 1. The summed E-state index contributed by atoms with van der Waals surface area (Å²) in [5.74, 6) is 1.80. The molecule has 0 radical (unpaired) electrons. The fourth-order valence-electron chi connectivity index (χ4n) is 1.05. The molecule has 0 bridgehead atoms. The van der Waals surface area contributed by atoms with Crippen LogP contribution in [0.1, 0.15) is 5.56 Å². The number of ether oxygens (including phenoxy) is 1. The molecule has 0 spiro atoms. The molecule has 16 heavy (non-hydrogen) atoms. The van der Waals surface area contributed by atoms with Gasteiger partial charge in [-0.2, -0.15) is 0 Å². The summed E-state index contributed by atoms with van der Waals surface area (Å²) >= 11 is 6.80. The van der Waals surface area contributed by atoms with Gasteiger partial charge in [-0.25, -0.2) is 0 Å². The highest BCUT2D eigenvalue weighted by atomic mass is 32.2. The number of nitrogens with zero attached hydrogens (tertiary/aromatic N) is 1. The molecule has 0 aliphatic heterocycles. The Morgan fingerprint density at radius 3 is 2.50 bits per heavy atom. The van der Waals surface area contributed by atoms with E-state index in [-0.39, 0.29) is 0 Å². The number of hydrogen-bond acceptors (Lipinski definition) is 3. The van der Waals surface area contributed by atoms with Crippen LogP contribution in [0.25, 0.3) is 0 Å². The van der Waals surface area contributed by atoms with Crippen LogP contribution in [0.15, 0.2) is 24.3 Å². The molecular weight excluding hydrogens is 238 g/mol. The van der Waals surface area contributed by atoms with E-state index in [1.807, 2.05) is 43.3 Å². The lowest BCUT2D eigenvalue weighted by atomic mass is 10.2. The Labute approximate surface area is 107 Å². The first-order chi connectivity index (χ1) is 7.59. The Kier molecular flexibility index (Phi) is 5.63. The Balaban J connectivity index is 2.21. The van der Waals surface area contributed by atoms with Crippen LogP contribution in [0.3, 0.4) is 0 Å². The second kappa shape index (κ2) is 6.76. The lowest BCUT2D eigenvalue weighted by Crippen LogP contribution is -2.17. The van der Waals surface area contributed by atoms with Crippen molar-refractivity contribution in [2.24, 2.45) is 0 Å². The van der Waals surface area contributed by atoms with Crippen molar-refractivity contribution in [3.05, 3.63) is 29.8 Å². The van der Waals surface area contributed by atoms with E-state index in [2.05, 4.69) is 6.92 Å². The van der Waals surface area contributed by atoms with Gasteiger partial charge in [-0.05, 0) is 19.1 Å². The van der Waals surface area contributed by atoms with E-state index in [0.29, 0.717) is 6.61 Å². The number of benzene rings is 1. The van der Waals surface area contributed by atoms with Crippen molar-refractivity contribution >= 4 is 28.3 Å². The number of aryl methyl sites for hydroxylation is 1. The summed E-state index contributed by atoms with van der Waals surface area (Å²) in [6.45, 7) is 2.75. The standard InChI is InChI=1S/C12H17NOS2/c1-10-4-6-11(7-5-10)14-8-9-16-12(15)13(2)3/h4-7H,8-9H2,1-3H3. The molecule has 0 aromatic heterocycles. The van der Waals surface area contributed by atoms with Crippen molar-refractivity contribution in [1.29, 1.82) is 0 Å². The molecule has 0 aliphatic rings. The van der Waals surface area contributed by atoms with Gasteiger partial charge in [0.25, 0.3) is 0 Å². The van der Waals surface area contributed by atoms with E-state index in [1.54, 1.807) is 11.8 Å². The number of hydrogen-bond donors (Lipinski definition) is 0.